The largest absolute Gasteiger partial charge is 0.352 e. The first kappa shape index (κ1) is 19.4. The molecule has 2 atom stereocenters. The van der Waals surface area contributed by atoms with Gasteiger partial charge in [-0.3, -0.25) is 4.98 Å². The van der Waals surface area contributed by atoms with E-state index in [1.807, 2.05) is 12.3 Å². The lowest BCUT2D eigenvalue weighted by Crippen LogP contribution is -2.32. The van der Waals surface area contributed by atoms with Crippen molar-refractivity contribution in [3.63, 3.8) is 0 Å². The summed E-state index contributed by atoms with van der Waals surface area (Å²) in [6.45, 7) is 6.52. The highest BCUT2D eigenvalue weighted by molar-refractivity contribution is 7.80. The quantitative estimate of drug-likeness (QED) is 0.720. The molecule has 2 aromatic rings. The van der Waals surface area contributed by atoms with E-state index in [1.165, 1.54) is 29.8 Å². The molecular formula is C22H31N5S. The van der Waals surface area contributed by atoms with Crippen LogP contribution in [0.15, 0.2) is 30.5 Å². The third kappa shape index (κ3) is 3.67. The van der Waals surface area contributed by atoms with Crippen LogP contribution >= 0.6 is 12.2 Å². The van der Waals surface area contributed by atoms with E-state index in [9.17, 15) is 0 Å². The monoisotopic (exact) mass is 397 g/mol. The highest BCUT2D eigenvalue weighted by atomic mass is 32.1. The number of hydrogen-bond donors (Lipinski definition) is 1. The van der Waals surface area contributed by atoms with Crippen molar-refractivity contribution >= 4 is 17.3 Å². The zero-order valence-electron chi connectivity index (χ0n) is 17.4. The van der Waals surface area contributed by atoms with Crippen molar-refractivity contribution in [1.29, 1.82) is 0 Å². The van der Waals surface area contributed by atoms with Crippen LogP contribution in [-0.2, 0) is 0 Å². The van der Waals surface area contributed by atoms with Crippen molar-refractivity contribution in [3.05, 3.63) is 53.1 Å². The van der Waals surface area contributed by atoms with Crippen LogP contribution in [0.25, 0.3) is 0 Å². The molecule has 1 saturated carbocycles. The molecule has 0 unspecified atom stereocenters. The Morgan fingerprint density at radius 2 is 2.04 bits per heavy atom. The maximum Gasteiger partial charge on any atom is 0.170 e. The molecule has 6 heteroatoms. The predicted molar refractivity (Wildman–Crippen MR) is 118 cm³/mol. The van der Waals surface area contributed by atoms with E-state index in [0.717, 1.165) is 30.3 Å². The van der Waals surface area contributed by atoms with Crippen LogP contribution in [-0.4, -0.2) is 51.6 Å². The fraction of sp³-hybridized carbons (Fsp3) is 0.545. The number of pyridine rings is 1. The lowest BCUT2D eigenvalue weighted by atomic mass is 9.96. The summed E-state index contributed by atoms with van der Waals surface area (Å²) in [6.07, 6.45) is 5.56. The van der Waals surface area contributed by atoms with Gasteiger partial charge in [-0.2, -0.15) is 0 Å². The second-order valence-electron chi connectivity index (χ2n) is 8.40. The normalized spacial score (nSPS) is 22.2. The average molecular weight is 398 g/mol. The van der Waals surface area contributed by atoms with Crippen molar-refractivity contribution in [1.82, 2.24) is 24.7 Å². The molecule has 4 rings (SSSR count). The Morgan fingerprint density at radius 3 is 2.68 bits per heavy atom. The van der Waals surface area contributed by atoms with Gasteiger partial charge in [0.05, 0.1) is 17.8 Å². The van der Waals surface area contributed by atoms with Gasteiger partial charge >= 0.3 is 0 Å². The Kier molecular flexibility index (Phi) is 5.43. The van der Waals surface area contributed by atoms with Gasteiger partial charge in [0, 0.05) is 30.2 Å². The van der Waals surface area contributed by atoms with E-state index >= 15 is 0 Å². The maximum absolute atomic E-state index is 5.79. The van der Waals surface area contributed by atoms with Crippen LogP contribution in [0, 0.1) is 13.8 Å². The molecule has 1 saturated heterocycles. The van der Waals surface area contributed by atoms with Crippen LogP contribution in [0.2, 0.25) is 0 Å². The van der Waals surface area contributed by atoms with Gasteiger partial charge in [0.2, 0.25) is 0 Å². The van der Waals surface area contributed by atoms with Gasteiger partial charge in [-0.25, -0.2) is 0 Å². The van der Waals surface area contributed by atoms with Crippen LogP contribution in [0.3, 0.4) is 0 Å². The summed E-state index contributed by atoms with van der Waals surface area (Å²) >= 11 is 5.79. The van der Waals surface area contributed by atoms with Crippen LogP contribution in [0.4, 0.5) is 0 Å². The first-order chi connectivity index (χ1) is 13.5. The summed E-state index contributed by atoms with van der Waals surface area (Å²) in [5.41, 5.74) is 5.19. The van der Waals surface area contributed by atoms with E-state index in [2.05, 4.69) is 70.8 Å². The summed E-state index contributed by atoms with van der Waals surface area (Å²) in [4.78, 5) is 9.28. The van der Waals surface area contributed by atoms with E-state index < -0.39 is 0 Å². The molecule has 0 amide bonds. The molecule has 1 aliphatic heterocycles. The highest BCUT2D eigenvalue weighted by Crippen LogP contribution is 2.44. The number of nitrogens with zero attached hydrogens (tertiary/aromatic N) is 4. The predicted octanol–water partition coefficient (Wildman–Crippen LogP) is 3.76. The number of aromatic nitrogens is 2. The van der Waals surface area contributed by atoms with E-state index in [-0.39, 0.29) is 12.1 Å². The van der Waals surface area contributed by atoms with Gasteiger partial charge < -0.3 is 19.7 Å². The maximum atomic E-state index is 5.79. The molecule has 0 radical (unpaired) electrons. The number of thiocarbonyl (C=S) groups is 1. The second-order valence-corrected chi connectivity index (χ2v) is 8.79. The van der Waals surface area contributed by atoms with Crippen LogP contribution in [0.1, 0.15) is 60.0 Å². The molecule has 0 spiro atoms. The molecule has 1 N–H and O–H groups in total. The summed E-state index contributed by atoms with van der Waals surface area (Å²) in [7, 11) is 4.25. The van der Waals surface area contributed by atoms with Crippen molar-refractivity contribution < 1.29 is 0 Å². The molecule has 3 heterocycles. The minimum Gasteiger partial charge on any atom is -0.352 e. The summed E-state index contributed by atoms with van der Waals surface area (Å²) in [5, 5.41) is 4.42. The second kappa shape index (κ2) is 7.84. The van der Waals surface area contributed by atoms with Gasteiger partial charge in [0.25, 0.3) is 0 Å². The van der Waals surface area contributed by atoms with E-state index in [0.29, 0.717) is 6.04 Å². The highest BCUT2D eigenvalue weighted by Gasteiger charge is 2.41. The molecular weight excluding hydrogens is 366 g/mol. The SMILES string of the molecule is Cc1cc([C@@H]2[C@@H](c3ccccn3)NC(=S)N2CCCN(C)C)c(C)n1C1CC1. The third-order valence-corrected chi connectivity index (χ3v) is 6.31. The van der Waals surface area contributed by atoms with Gasteiger partial charge in [-0.15, -0.1) is 0 Å². The van der Waals surface area contributed by atoms with E-state index in [1.54, 1.807) is 0 Å². The third-order valence-electron chi connectivity index (χ3n) is 5.96. The molecule has 28 heavy (non-hydrogen) atoms. The molecule has 0 aromatic carbocycles. The lowest BCUT2D eigenvalue weighted by Gasteiger charge is -2.28. The molecule has 150 valence electrons. The van der Waals surface area contributed by atoms with Gasteiger partial charge in [-0.05, 0) is 89.7 Å². The lowest BCUT2D eigenvalue weighted by molar-refractivity contribution is 0.292. The summed E-state index contributed by atoms with van der Waals surface area (Å²) in [6, 6.07) is 9.47. The first-order valence-electron chi connectivity index (χ1n) is 10.3. The zero-order valence-corrected chi connectivity index (χ0v) is 18.2. The zero-order chi connectivity index (χ0) is 19.8. The van der Waals surface area contributed by atoms with Crippen molar-refractivity contribution in [2.75, 3.05) is 27.2 Å². The fourth-order valence-electron chi connectivity index (χ4n) is 4.54. The molecule has 1 aliphatic carbocycles. The molecule has 2 aromatic heterocycles. The number of aryl methyl sites for hydroxylation is 1. The Labute approximate surface area is 173 Å². The number of hydrogen-bond acceptors (Lipinski definition) is 3. The van der Waals surface area contributed by atoms with E-state index in [4.69, 9.17) is 12.2 Å². The summed E-state index contributed by atoms with van der Waals surface area (Å²) < 4.78 is 2.53. The average Bonchev–Trinajstić information content (AvgIpc) is 3.38. The van der Waals surface area contributed by atoms with Crippen LogP contribution in [0.5, 0.6) is 0 Å². The van der Waals surface area contributed by atoms with Crippen molar-refractivity contribution in [2.24, 2.45) is 0 Å². The first-order valence-corrected chi connectivity index (χ1v) is 10.7. The Morgan fingerprint density at radius 1 is 1.25 bits per heavy atom. The van der Waals surface area contributed by atoms with Gasteiger partial charge in [0.15, 0.2) is 5.11 Å². The number of rotatable bonds is 7. The van der Waals surface area contributed by atoms with Crippen molar-refractivity contribution in [3.8, 4) is 0 Å². The van der Waals surface area contributed by atoms with Gasteiger partial charge in [-0.1, -0.05) is 6.07 Å². The fourth-order valence-corrected chi connectivity index (χ4v) is 4.87. The Bertz CT molecular complexity index is 840. The molecule has 2 fully saturated rings. The number of nitrogens with one attached hydrogen (secondary N) is 1. The van der Waals surface area contributed by atoms with Crippen LogP contribution < -0.4 is 5.32 Å². The molecule has 5 nitrogen and oxygen atoms in total. The topological polar surface area (TPSA) is 36.3 Å². The minimum absolute atomic E-state index is 0.0845. The Hall–Kier alpha value is -1.92. The Balaban J connectivity index is 1.70. The van der Waals surface area contributed by atoms with Gasteiger partial charge in [0.1, 0.15) is 0 Å². The minimum atomic E-state index is 0.0845. The smallest absolute Gasteiger partial charge is 0.170 e. The van der Waals surface area contributed by atoms with Crippen molar-refractivity contribution in [2.45, 2.75) is 51.2 Å². The molecule has 2 aliphatic rings. The standard InChI is InChI=1S/C22H31N5S/c1-15-14-18(16(2)27(15)17-9-10-17)21-20(19-8-5-6-11-23-19)24-22(28)26(21)13-7-12-25(3)4/h5-6,8,11,14,17,20-21H,7,9-10,12-13H2,1-4H3,(H,24,28)/t20-,21-/m1/s1. The molecule has 0 bridgehead atoms. The summed E-state index contributed by atoms with van der Waals surface area (Å²) in [5.74, 6) is 0.